The number of aryl methyl sites for hydroxylation is 1. The highest BCUT2D eigenvalue weighted by molar-refractivity contribution is 6.32. The normalized spacial score (nSPS) is 19.6. The van der Waals surface area contributed by atoms with E-state index in [0.717, 1.165) is 5.56 Å². The monoisotopic (exact) mass is 212 g/mol. The number of carbonyl (C=O) groups is 1. The molecule has 0 fully saturated rings. The van der Waals surface area contributed by atoms with Crippen LogP contribution in [0.1, 0.15) is 12.0 Å². The number of halogens is 1. The fraction of sp³-hybridized carbons (Fsp3) is 0.300. The van der Waals surface area contributed by atoms with E-state index in [0.29, 0.717) is 23.6 Å². The molecule has 0 saturated carbocycles. The first-order valence-corrected chi connectivity index (χ1v) is 4.73. The molecule has 1 aromatic rings. The summed E-state index contributed by atoms with van der Waals surface area (Å²) in [6.45, 7) is 0. The van der Waals surface area contributed by atoms with Crippen LogP contribution in [0.25, 0.3) is 0 Å². The van der Waals surface area contributed by atoms with Crippen molar-refractivity contribution in [2.45, 2.75) is 18.9 Å². The molecule has 0 aliphatic carbocycles. The predicted octanol–water partition coefficient (Wildman–Crippen LogP) is 2.12. The molecule has 1 N–H and O–H groups in total. The lowest BCUT2D eigenvalue weighted by atomic mass is 10.0. The van der Waals surface area contributed by atoms with Crippen LogP contribution in [0.4, 0.5) is 0 Å². The maximum absolute atomic E-state index is 10.7. The molecule has 14 heavy (non-hydrogen) atoms. The largest absolute Gasteiger partial charge is 0.479 e. The molecule has 0 radical (unpaired) electrons. The molecule has 1 unspecified atom stereocenters. The molecule has 0 spiro atoms. The Morgan fingerprint density at radius 1 is 1.57 bits per heavy atom. The van der Waals surface area contributed by atoms with Gasteiger partial charge >= 0.3 is 5.97 Å². The standard InChI is InChI=1S/C10H9ClO3/c11-7-3-1-2-6-4-5-8(10(12)13)14-9(6)7/h1-3,8H,4-5H2,(H,12,13). The van der Waals surface area contributed by atoms with Gasteiger partial charge in [0, 0.05) is 0 Å². The van der Waals surface area contributed by atoms with Crippen LogP contribution in [0.5, 0.6) is 5.75 Å². The fourth-order valence-electron chi connectivity index (χ4n) is 1.54. The Kier molecular flexibility index (Phi) is 2.33. The Morgan fingerprint density at radius 2 is 2.36 bits per heavy atom. The van der Waals surface area contributed by atoms with Crippen LogP contribution in [0.15, 0.2) is 18.2 Å². The van der Waals surface area contributed by atoms with Gasteiger partial charge in [0.05, 0.1) is 5.02 Å². The van der Waals surface area contributed by atoms with E-state index in [4.69, 9.17) is 21.4 Å². The van der Waals surface area contributed by atoms with Gasteiger partial charge in [-0.25, -0.2) is 4.79 Å². The summed E-state index contributed by atoms with van der Waals surface area (Å²) in [5, 5.41) is 9.27. The highest BCUT2D eigenvalue weighted by atomic mass is 35.5. The Bertz CT molecular complexity index is 376. The lowest BCUT2D eigenvalue weighted by Crippen LogP contribution is -2.30. The van der Waals surface area contributed by atoms with Gasteiger partial charge in [0.1, 0.15) is 5.75 Å². The number of carboxylic acid groups (broad SMARTS) is 1. The van der Waals surface area contributed by atoms with Crippen molar-refractivity contribution < 1.29 is 14.6 Å². The molecule has 1 aliphatic heterocycles. The number of benzene rings is 1. The number of hydrogen-bond acceptors (Lipinski definition) is 2. The molecule has 0 amide bonds. The van der Waals surface area contributed by atoms with Crippen LogP contribution in [0.2, 0.25) is 5.02 Å². The molecular weight excluding hydrogens is 204 g/mol. The summed E-state index contributed by atoms with van der Waals surface area (Å²) in [5.74, 6) is -0.414. The summed E-state index contributed by atoms with van der Waals surface area (Å²) in [6.07, 6.45) is 0.442. The average Bonchev–Trinajstić information content (AvgIpc) is 2.18. The number of para-hydroxylation sites is 1. The average molecular weight is 213 g/mol. The maximum Gasteiger partial charge on any atom is 0.344 e. The maximum atomic E-state index is 10.7. The molecule has 1 atom stereocenters. The Hall–Kier alpha value is -1.22. The molecule has 1 heterocycles. The van der Waals surface area contributed by atoms with E-state index in [2.05, 4.69) is 0 Å². The van der Waals surface area contributed by atoms with Gasteiger partial charge in [0.25, 0.3) is 0 Å². The van der Waals surface area contributed by atoms with E-state index in [-0.39, 0.29) is 0 Å². The lowest BCUT2D eigenvalue weighted by Gasteiger charge is -2.23. The van der Waals surface area contributed by atoms with Crippen molar-refractivity contribution in [2.75, 3.05) is 0 Å². The zero-order valence-electron chi connectivity index (χ0n) is 7.37. The van der Waals surface area contributed by atoms with Crippen LogP contribution < -0.4 is 4.74 Å². The summed E-state index contributed by atoms with van der Waals surface area (Å²) >= 11 is 5.89. The van der Waals surface area contributed by atoms with Gasteiger partial charge in [-0.1, -0.05) is 23.7 Å². The number of ether oxygens (including phenoxy) is 1. The highest BCUT2D eigenvalue weighted by Crippen LogP contribution is 2.34. The van der Waals surface area contributed by atoms with E-state index in [1.54, 1.807) is 6.07 Å². The second-order valence-corrected chi connectivity index (χ2v) is 3.62. The van der Waals surface area contributed by atoms with Crippen molar-refractivity contribution in [1.82, 2.24) is 0 Å². The molecule has 4 heteroatoms. The SMILES string of the molecule is O=C(O)C1CCc2cccc(Cl)c2O1. The van der Waals surface area contributed by atoms with Gasteiger partial charge < -0.3 is 9.84 Å². The van der Waals surface area contributed by atoms with Crippen LogP contribution in [0, 0.1) is 0 Å². The summed E-state index contributed by atoms with van der Waals surface area (Å²) in [7, 11) is 0. The highest BCUT2D eigenvalue weighted by Gasteiger charge is 2.26. The van der Waals surface area contributed by atoms with Crippen molar-refractivity contribution in [2.24, 2.45) is 0 Å². The molecule has 3 nitrogen and oxygen atoms in total. The van der Waals surface area contributed by atoms with Gasteiger partial charge in [-0.3, -0.25) is 0 Å². The molecule has 0 saturated heterocycles. The number of rotatable bonds is 1. The van der Waals surface area contributed by atoms with E-state index in [1.165, 1.54) is 0 Å². The van der Waals surface area contributed by atoms with Gasteiger partial charge in [-0.15, -0.1) is 0 Å². The summed E-state index contributed by atoms with van der Waals surface area (Å²) in [6, 6.07) is 5.44. The number of carboxylic acids is 1. The summed E-state index contributed by atoms with van der Waals surface area (Å²) in [4.78, 5) is 10.7. The molecule has 0 bridgehead atoms. The molecule has 1 aromatic carbocycles. The smallest absolute Gasteiger partial charge is 0.344 e. The van der Waals surface area contributed by atoms with Crippen molar-refractivity contribution in [3.8, 4) is 5.75 Å². The van der Waals surface area contributed by atoms with Crippen molar-refractivity contribution in [1.29, 1.82) is 0 Å². The molecular formula is C10H9ClO3. The third kappa shape index (κ3) is 1.55. The van der Waals surface area contributed by atoms with Crippen molar-refractivity contribution in [3.63, 3.8) is 0 Å². The van der Waals surface area contributed by atoms with E-state index >= 15 is 0 Å². The second kappa shape index (κ2) is 3.50. The van der Waals surface area contributed by atoms with Gasteiger partial charge in [0.15, 0.2) is 6.10 Å². The van der Waals surface area contributed by atoms with Crippen molar-refractivity contribution in [3.05, 3.63) is 28.8 Å². The lowest BCUT2D eigenvalue weighted by molar-refractivity contribution is -0.145. The van der Waals surface area contributed by atoms with E-state index in [1.807, 2.05) is 12.1 Å². The number of aliphatic carboxylic acids is 1. The zero-order chi connectivity index (χ0) is 10.1. The Morgan fingerprint density at radius 3 is 3.07 bits per heavy atom. The Labute approximate surface area is 86.3 Å². The first kappa shape index (κ1) is 9.34. The summed E-state index contributed by atoms with van der Waals surface area (Å²) in [5.41, 5.74) is 0.981. The molecule has 2 rings (SSSR count). The van der Waals surface area contributed by atoms with Crippen LogP contribution in [-0.4, -0.2) is 17.2 Å². The Balaban J connectivity index is 2.33. The van der Waals surface area contributed by atoms with Gasteiger partial charge in [-0.2, -0.15) is 0 Å². The molecule has 1 aliphatic rings. The third-order valence-corrected chi connectivity index (χ3v) is 2.56. The zero-order valence-corrected chi connectivity index (χ0v) is 8.12. The minimum Gasteiger partial charge on any atom is -0.479 e. The van der Waals surface area contributed by atoms with Crippen LogP contribution in [-0.2, 0) is 11.2 Å². The quantitative estimate of drug-likeness (QED) is 0.776. The topological polar surface area (TPSA) is 46.5 Å². The second-order valence-electron chi connectivity index (χ2n) is 3.21. The first-order valence-electron chi connectivity index (χ1n) is 4.35. The fourth-order valence-corrected chi connectivity index (χ4v) is 1.78. The third-order valence-electron chi connectivity index (χ3n) is 2.26. The predicted molar refractivity (Wildman–Crippen MR) is 51.8 cm³/mol. The van der Waals surface area contributed by atoms with E-state index in [9.17, 15) is 4.79 Å². The molecule has 74 valence electrons. The van der Waals surface area contributed by atoms with Crippen LogP contribution >= 0.6 is 11.6 Å². The van der Waals surface area contributed by atoms with Gasteiger partial charge in [-0.05, 0) is 24.5 Å². The van der Waals surface area contributed by atoms with Crippen LogP contribution in [0.3, 0.4) is 0 Å². The summed E-state index contributed by atoms with van der Waals surface area (Å²) < 4.78 is 5.29. The minimum absolute atomic E-state index is 0.480. The van der Waals surface area contributed by atoms with Gasteiger partial charge in [0.2, 0.25) is 0 Å². The minimum atomic E-state index is -0.935. The first-order chi connectivity index (χ1) is 6.68. The van der Waals surface area contributed by atoms with E-state index < -0.39 is 12.1 Å². The number of fused-ring (bicyclic) bond motifs is 1. The number of hydrogen-bond donors (Lipinski definition) is 1. The molecule has 0 aromatic heterocycles. The van der Waals surface area contributed by atoms with Crippen molar-refractivity contribution >= 4 is 17.6 Å².